The average molecular weight is 262 g/mol. The third-order valence-electron chi connectivity index (χ3n) is 4.02. The van der Waals surface area contributed by atoms with Crippen molar-refractivity contribution in [1.82, 2.24) is 4.98 Å². The first-order chi connectivity index (χ1) is 8.95. The number of pyridine rings is 1. The van der Waals surface area contributed by atoms with Gasteiger partial charge in [-0.05, 0) is 36.8 Å². The van der Waals surface area contributed by atoms with Crippen LogP contribution in [0.2, 0.25) is 0 Å². The molecule has 3 atom stereocenters. The Morgan fingerprint density at radius 2 is 2.21 bits per heavy atom. The number of nitrogens with zero attached hydrogens (tertiary/aromatic N) is 1. The first-order valence-electron chi connectivity index (χ1n) is 7.26. The van der Waals surface area contributed by atoms with Crippen LogP contribution in [0.5, 0.6) is 0 Å². The summed E-state index contributed by atoms with van der Waals surface area (Å²) in [6, 6.07) is 4.19. The van der Waals surface area contributed by atoms with E-state index in [0.29, 0.717) is 12.5 Å². The zero-order chi connectivity index (χ0) is 14.0. The van der Waals surface area contributed by atoms with E-state index in [1.165, 1.54) is 11.3 Å². The van der Waals surface area contributed by atoms with E-state index in [2.05, 4.69) is 31.8 Å². The maximum Gasteiger partial charge on any atom is 0.0780 e. The van der Waals surface area contributed by atoms with E-state index in [1.54, 1.807) is 0 Å². The van der Waals surface area contributed by atoms with Crippen LogP contribution in [0.25, 0.3) is 0 Å². The Hall–Kier alpha value is -0.930. The van der Waals surface area contributed by atoms with Crippen LogP contribution in [0.4, 0.5) is 0 Å². The monoisotopic (exact) mass is 262 g/mol. The molecule has 0 radical (unpaired) electrons. The lowest BCUT2D eigenvalue weighted by Crippen LogP contribution is -2.48. The minimum absolute atomic E-state index is 0.0103. The molecule has 106 valence electrons. The molecule has 0 aliphatic heterocycles. The van der Waals surface area contributed by atoms with Crippen molar-refractivity contribution in [3.63, 3.8) is 0 Å². The summed E-state index contributed by atoms with van der Waals surface area (Å²) in [4.78, 5) is 4.55. The van der Waals surface area contributed by atoms with Gasteiger partial charge < -0.3 is 10.5 Å². The lowest BCUT2D eigenvalue weighted by atomic mass is 9.79. The second kappa shape index (κ2) is 5.59. The molecule has 0 spiro atoms. The molecule has 19 heavy (non-hydrogen) atoms. The lowest BCUT2D eigenvalue weighted by molar-refractivity contribution is -0.0330. The summed E-state index contributed by atoms with van der Waals surface area (Å²) in [6.07, 6.45) is 4.12. The van der Waals surface area contributed by atoms with E-state index >= 15 is 0 Å². The van der Waals surface area contributed by atoms with Crippen LogP contribution >= 0.6 is 0 Å². The Balaban J connectivity index is 2.22. The highest BCUT2D eigenvalue weighted by Crippen LogP contribution is 2.38. The molecule has 1 aromatic rings. The van der Waals surface area contributed by atoms with Gasteiger partial charge in [-0.25, -0.2) is 0 Å². The number of rotatable bonds is 4. The molecule has 0 amide bonds. The first-order valence-corrected chi connectivity index (χ1v) is 7.26. The van der Waals surface area contributed by atoms with Crippen LogP contribution in [0.15, 0.2) is 18.3 Å². The van der Waals surface area contributed by atoms with Gasteiger partial charge in [0.2, 0.25) is 0 Å². The quantitative estimate of drug-likeness (QED) is 0.907. The van der Waals surface area contributed by atoms with Gasteiger partial charge in [0.15, 0.2) is 0 Å². The van der Waals surface area contributed by atoms with E-state index in [9.17, 15) is 0 Å². The zero-order valence-electron chi connectivity index (χ0n) is 12.5. The number of aromatic nitrogens is 1. The third-order valence-corrected chi connectivity index (χ3v) is 4.02. The molecule has 0 bridgehead atoms. The Morgan fingerprint density at radius 1 is 1.47 bits per heavy atom. The largest absolute Gasteiger partial charge is 0.376 e. The van der Waals surface area contributed by atoms with Crippen molar-refractivity contribution < 1.29 is 4.74 Å². The predicted molar refractivity (Wildman–Crippen MR) is 78.1 cm³/mol. The fourth-order valence-corrected chi connectivity index (χ4v) is 3.15. The number of ether oxygens (including phenoxy) is 1. The Kier molecular flexibility index (Phi) is 4.26. The lowest BCUT2D eigenvalue weighted by Gasteiger charge is -2.37. The van der Waals surface area contributed by atoms with Gasteiger partial charge in [0.05, 0.1) is 6.10 Å². The summed E-state index contributed by atoms with van der Waals surface area (Å²) < 4.78 is 5.94. The summed E-state index contributed by atoms with van der Waals surface area (Å²) in [6.45, 7) is 9.33. The van der Waals surface area contributed by atoms with Crippen LogP contribution in [0, 0.1) is 5.41 Å². The molecule has 2 rings (SSSR count). The summed E-state index contributed by atoms with van der Waals surface area (Å²) in [5, 5.41) is 0. The molecule has 0 fully saturated rings. The third kappa shape index (κ3) is 2.98. The minimum atomic E-state index is 0.0103. The van der Waals surface area contributed by atoms with Crippen LogP contribution in [-0.4, -0.2) is 23.7 Å². The van der Waals surface area contributed by atoms with Gasteiger partial charge in [0.25, 0.3) is 0 Å². The second-order valence-corrected chi connectivity index (χ2v) is 6.51. The van der Waals surface area contributed by atoms with E-state index in [4.69, 9.17) is 10.5 Å². The Labute approximate surface area is 116 Å². The molecule has 1 aliphatic rings. The summed E-state index contributed by atoms with van der Waals surface area (Å²) in [7, 11) is 0. The first kappa shape index (κ1) is 14.5. The number of fused-ring (bicyclic) bond motifs is 1. The highest BCUT2D eigenvalue weighted by molar-refractivity contribution is 5.30. The van der Waals surface area contributed by atoms with Gasteiger partial charge in [0, 0.05) is 30.5 Å². The van der Waals surface area contributed by atoms with Crippen molar-refractivity contribution in [2.24, 2.45) is 11.1 Å². The standard InChI is InChI=1S/C16H26N2O/c1-5-19-15(16(2,3)4)13(17)12-9-8-11-7-6-10-18-14(11)12/h6-7,10,12-13,15H,5,8-9,17H2,1-4H3. The SMILES string of the molecule is CCOC(C(N)C1CCc2cccnc21)C(C)(C)C. The number of hydrogen-bond acceptors (Lipinski definition) is 3. The Morgan fingerprint density at radius 3 is 2.84 bits per heavy atom. The predicted octanol–water partition coefficient (Wildman–Crippen LogP) is 2.89. The van der Waals surface area contributed by atoms with Crippen molar-refractivity contribution >= 4 is 0 Å². The van der Waals surface area contributed by atoms with Crippen LogP contribution in [-0.2, 0) is 11.2 Å². The maximum absolute atomic E-state index is 6.55. The molecule has 1 aromatic heterocycles. The molecular formula is C16H26N2O. The molecule has 0 saturated heterocycles. The number of hydrogen-bond donors (Lipinski definition) is 1. The van der Waals surface area contributed by atoms with Gasteiger partial charge in [-0.2, -0.15) is 0 Å². The van der Waals surface area contributed by atoms with E-state index in [-0.39, 0.29) is 17.6 Å². The molecule has 0 aromatic carbocycles. The number of nitrogens with two attached hydrogens (primary N) is 1. The smallest absolute Gasteiger partial charge is 0.0780 e. The second-order valence-electron chi connectivity index (χ2n) is 6.51. The highest BCUT2D eigenvalue weighted by Gasteiger charge is 2.39. The van der Waals surface area contributed by atoms with Gasteiger partial charge in [-0.15, -0.1) is 0 Å². The molecular weight excluding hydrogens is 236 g/mol. The van der Waals surface area contributed by atoms with E-state index < -0.39 is 0 Å². The summed E-state index contributed by atoms with van der Waals surface area (Å²) >= 11 is 0. The van der Waals surface area contributed by atoms with Crippen molar-refractivity contribution in [1.29, 1.82) is 0 Å². The van der Waals surface area contributed by atoms with Crippen molar-refractivity contribution in [2.75, 3.05) is 6.61 Å². The van der Waals surface area contributed by atoms with Gasteiger partial charge >= 0.3 is 0 Å². The summed E-state index contributed by atoms with van der Waals surface area (Å²) in [5.41, 5.74) is 9.13. The highest BCUT2D eigenvalue weighted by atomic mass is 16.5. The zero-order valence-corrected chi connectivity index (χ0v) is 12.5. The van der Waals surface area contributed by atoms with Crippen LogP contribution in [0.3, 0.4) is 0 Å². The topological polar surface area (TPSA) is 48.1 Å². The van der Waals surface area contributed by atoms with Gasteiger partial charge in [0.1, 0.15) is 0 Å². The average Bonchev–Trinajstić information content (AvgIpc) is 2.77. The molecule has 1 aliphatic carbocycles. The van der Waals surface area contributed by atoms with Crippen molar-refractivity contribution in [2.45, 2.75) is 58.6 Å². The fraction of sp³-hybridized carbons (Fsp3) is 0.688. The summed E-state index contributed by atoms with van der Waals surface area (Å²) in [5.74, 6) is 0.326. The maximum atomic E-state index is 6.55. The van der Waals surface area contributed by atoms with Gasteiger partial charge in [-0.1, -0.05) is 26.8 Å². The molecule has 3 nitrogen and oxygen atoms in total. The van der Waals surface area contributed by atoms with Crippen molar-refractivity contribution in [3.8, 4) is 0 Å². The normalized spacial score (nSPS) is 22.1. The Bertz CT molecular complexity index is 425. The fourth-order valence-electron chi connectivity index (χ4n) is 3.15. The molecule has 1 heterocycles. The molecule has 3 heteroatoms. The van der Waals surface area contributed by atoms with Gasteiger partial charge in [-0.3, -0.25) is 4.98 Å². The number of aryl methyl sites for hydroxylation is 1. The van der Waals surface area contributed by atoms with E-state index in [1.807, 2.05) is 19.2 Å². The van der Waals surface area contributed by atoms with Crippen LogP contribution < -0.4 is 5.73 Å². The molecule has 0 saturated carbocycles. The van der Waals surface area contributed by atoms with Crippen LogP contribution in [0.1, 0.15) is 51.3 Å². The molecule has 3 unspecified atom stereocenters. The van der Waals surface area contributed by atoms with E-state index in [0.717, 1.165) is 12.8 Å². The molecule has 2 N–H and O–H groups in total. The minimum Gasteiger partial charge on any atom is -0.376 e. The van der Waals surface area contributed by atoms with Crippen molar-refractivity contribution in [3.05, 3.63) is 29.6 Å².